The minimum Gasteiger partial charge on any atom is -0.340 e. The molecular formula is C21H18FN7O. The van der Waals surface area contributed by atoms with E-state index in [2.05, 4.69) is 25.0 Å². The normalized spacial score (nSPS) is 22.7. The number of hydrogen-bond acceptors (Lipinski definition) is 7. The maximum Gasteiger partial charge on any atom is 0.250 e. The number of hydrogen-bond donors (Lipinski definition) is 0. The van der Waals surface area contributed by atoms with Crippen molar-refractivity contribution in [2.24, 2.45) is 17.8 Å². The topological polar surface area (TPSA) is 101 Å². The van der Waals surface area contributed by atoms with Gasteiger partial charge in [-0.2, -0.15) is 15.0 Å². The van der Waals surface area contributed by atoms with E-state index in [1.165, 1.54) is 16.9 Å². The third-order valence-corrected chi connectivity index (χ3v) is 5.99. The van der Waals surface area contributed by atoms with E-state index in [-0.39, 0.29) is 11.8 Å². The lowest BCUT2D eigenvalue weighted by atomic mass is 10.0. The van der Waals surface area contributed by atoms with Gasteiger partial charge >= 0.3 is 0 Å². The quantitative estimate of drug-likeness (QED) is 0.662. The molecule has 30 heavy (non-hydrogen) atoms. The number of pyridine rings is 1. The fourth-order valence-corrected chi connectivity index (χ4v) is 4.65. The molecule has 3 aromatic heterocycles. The van der Waals surface area contributed by atoms with Crippen molar-refractivity contribution < 1.29 is 9.18 Å². The Kier molecular flexibility index (Phi) is 4.47. The molecule has 0 bridgehead atoms. The van der Waals surface area contributed by atoms with Crippen LogP contribution in [0.3, 0.4) is 0 Å². The summed E-state index contributed by atoms with van der Waals surface area (Å²) in [4.78, 5) is 27.7. The summed E-state index contributed by atoms with van der Waals surface area (Å²) in [6, 6.07) is 6.68. The van der Waals surface area contributed by atoms with Crippen molar-refractivity contribution in [2.75, 3.05) is 18.0 Å². The molecule has 5 rings (SSSR count). The minimum absolute atomic E-state index is 0.0667. The average molecular weight is 403 g/mol. The third-order valence-electron chi connectivity index (χ3n) is 5.99. The van der Waals surface area contributed by atoms with Crippen molar-refractivity contribution >= 4 is 11.9 Å². The summed E-state index contributed by atoms with van der Waals surface area (Å²) in [7, 11) is 0. The highest BCUT2D eigenvalue weighted by atomic mass is 19.1. The highest BCUT2D eigenvalue weighted by Gasteiger charge is 2.44. The molecule has 2 fully saturated rings. The molecule has 3 aromatic rings. The Hall–Kier alpha value is -3.67. The zero-order valence-corrected chi connectivity index (χ0v) is 16.0. The summed E-state index contributed by atoms with van der Waals surface area (Å²) in [6.07, 6.45) is 7.33. The van der Waals surface area contributed by atoms with Crippen LogP contribution in [0, 0.1) is 34.9 Å². The van der Waals surface area contributed by atoms with Crippen LogP contribution in [0.15, 0.2) is 43.0 Å². The van der Waals surface area contributed by atoms with Gasteiger partial charge in [0, 0.05) is 37.0 Å². The van der Waals surface area contributed by atoms with Crippen LogP contribution >= 0.6 is 0 Å². The number of nitriles is 1. The van der Waals surface area contributed by atoms with Gasteiger partial charge in [-0.05, 0) is 42.9 Å². The van der Waals surface area contributed by atoms with E-state index in [1.54, 1.807) is 24.5 Å². The van der Waals surface area contributed by atoms with Crippen molar-refractivity contribution in [1.29, 1.82) is 5.26 Å². The fraction of sp³-hybridized carbons (Fsp3) is 0.333. The van der Waals surface area contributed by atoms with Gasteiger partial charge in [0.15, 0.2) is 0 Å². The van der Waals surface area contributed by atoms with Crippen molar-refractivity contribution in [3.63, 3.8) is 0 Å². The number of nitrogens with zero attached hydrogens (tertiary/aromatic N) is 7. The van der Waals surface area contributed by atoms with E-state index in [1.807, 2.05) is 6.07 Å². The van der Waals surface area contributed by atoms with E-state index in [0.29, 0.717) is 34.7 Å². The Morgan fingerprint density at radius 3 is 2.70 bits per heavy atom. The van der Waals surface area contributed by atoms with Crippen molar-refractivity contribution in [2.45, 2.75) is 12.8 Å². The van der Waals surface area contributed by atoms with Gasteiger partial charge in [0.25, 0.3) is 5.91 Å². The molecule has 1 saturated carbocycles. The molecule has 1 aliphatic carbocycles. The molecule has 1 aliphatic heterocycles. The van der Waals surface area contributed by atoms with Crippen LogP contribution in [0.2, 0.25) is 0 Å². The fourth-order valence-electron chi connectivity index (χ4n) is 4.65. The van der Waals surface area contributed by atoms with E-state index in [0.717, 1.165) is 32.1 Å². The predicted octanol–water partition coefficient (Wildman–Crippen LogP) is 2.55. The first-order chi connectivity index (χ1) is 14.6. The molecule has 1 saturated heterocycles. The molecule has 9 heteroatoms. The molecule has 2 unspecified atom stereocenters. The zero-order chi connectivity index (χ0) is 20.7. The first-order valence-electron chi connectivity index (χ1n) is 9.79. The van der Waals surface area contributed by atoms with E-state index >= 15 is 0 Å². The molecule has 150 valence electrons. The predicted molar refractivity (Wildman–Crippen MR) is 105 cm³/mol. The third kappa shape index (κ3) is 3.20. The lowest BCUT2D eigenvalue weighted by Crippen LogP contribution is -2.27. The van der Waals surface area contributed by atoms with Gasteiger partial charge in [0.1, 0.15) is 17.6 Å². The second-order valence-electron chi connectivity index (χ2n) is 7.81. The molecule has 0 amide bonds. The standard InChI is InChI=1S/C21H18FN7O/c22-17-7-14(9-24-10-17)19-2-4-26-29(19)20(30)13-5-15-11-28(12-16(15)6-13)21-25-3-1-18(8-23)27-21/h1-4,7,9-10,13,15-16H,5-6,11-12H2. The van der Waals surface area contributed by atoms with Gasteiger partial charge in [0.2, 0.25) is 5.95 Å². The second kappa shape index (κ2) is 7.30. The summed E-state index contributed by atoms with van der Waals surface area (Å²) in [5, 5.41) is 13.2. The van der Waals surface area contributed by atoms with Crippen LogP contribution in [-0.2, 0) is 0 Å². The highest BCUT2D eigenvalue weighted by molar-refractivity contribution is 5.85. The monoisotopic (exact) mass is 403 g/mol. The van der Waals surface area contributed by atoms with Gasteiger partial charge in [0.05, 0.1) is 18.1 Å². The van der Waals surface area contributed by atoms with E-state index < -0.39 is 5.82 Å². The number of anilines is 1. The SMILES string of the molecule is N#Cc1ccnc(N2CC3CC(C(=O)n4nccc4-c4cncc(F)c4)CC3C2)n1. The Morgan fingerprint density at radius 1 is 1.17 bits per heavy atom. The Balaban J connectivity index is 1.30. The molecule has 2 atom stereocenters. The first-order valence-corrected chi connectivity index (χ1v) is 9.79. The second-order valence-corrected chi connectivity index (χ2v) is 7.81. The highest BCUT2D eigenvalue weighted by Crippen LogP contribution is 2.43. The Bertz CT molecular complexity index is 1140. The van der Waals surface area contributed by atoms with E-state index in [4.69, 9.17) is 5.26 Å². The maximum absolute atomic E-state index is 13.6. The van der Waals surface area contributed by atoms with Crippen LogP contribution in [0.1, 0.15) is 23.3 Å². The maximum atomic E-state index is 13.6. The molecule has 4 heterocycles. The Morgan fingerprint density at radius 2 is 1.97 bits per heavy atom. The molecule has 0 radical (unpaired) electrons. The summed E-state index contributed by atoms with van der Waals surface area (Å²) < 4.78 is 14.9. The number of carbonyl (C=O) groups excluding carboxylic acids is 1. The molecule has 2 aliphatic rings. The number of carbonyl (C=O) groups is 1. The van der Waals surface area contributed by atoms with Gasteiger partial charge in [-0.15, -0.1) is 0 Å². The number of aromatic nitrogens is 5. The summed E-state index contributed by atoms with van der Waals surface area (Å²) >= 11 is 0. The van der Waals surface area contributed by atoms with Gasteiger partial charge in [-0.1, -0.05) is 0 Å². The smallest absolute Gasteiger partial charge is 0.250 e. The molecular weight excluding hydrogens is 385 g/mol. The van der Waals surface area contributed by atoms with E-state index in [9.17, 15) is 9.18 Å². The average Bonchev–Trinajstić information content (AvgIpc) is 3.48. The van der Waals surface area contributed by atoms with Crippen LogP contribution < -0.4 is 4.90 Å². The molecule has 0 aromatic carbocycles. The van der Waals surface area contributed by atoms with Crippen molar-refractivity contribution in [1.82, 2.24) is 24.7 Å². The lowest BCUT2D eigenvalue weighted by molar-refractivity contribution is 0.0817. The largest absolute Gasteiger partial charge is 0.340 e. The minimum atomic E-state index is -0.453. The summed E-state index contributed by atoms with van der Waals surface area (Å²) in [5.41, 5.74) is 1.43. The summed E-state index contributed by atoms with van der Waals surface area (Å²) in [6.45, 7) is 1.53. The number of rotatable bonds is 3. The van der Waals surface area contributed by atoms with Gasteiger partial charge in [-0.3, -0.25) is 9.78 Å². The summed E-state index contributed by atoms with van der Waals surface area (Å²) in [5.74, 6) is 0.646. The van der Waals surface area contributed by atoms with Crippen LogP contribution in [0.4, 0.5) is 10.3 Å². The van der Waals surface area contributed by atoms with Crippen molar-refractivity contribution in [3.05, 3.63) is 54.5 Å². The number of halogens is 1. The van der Waals surface area contributed by atoms with Gasteiger partial charge in [-0.25, -0.2) is 14.4 Å². The van der Waals surface area contributed by atoms with Crippen molar-refractivity contribution in [3.8, 4) is 17.3 Å². The zero-order valence-electron chi connectivity index (χ0n) is 16.0. The molecule has 0 N–H and O–H groups in total. The van der Waals surface area contributed by atoms with Crippen LogP contribution in [0.5, 0.6) is 0 Å². The first kappa shape index (κ1) is 18.4. The van der Waals surface area contributed by atoms with Crippen LogP contribution in [-0.4, -0.2) is 43.7 Å². The molecule has 0 spiro atoms. The molecule has 8 nitrogen and oxygen atoms in total. The number of fused-ring (bicyclic) bond motifs is 1. The van der Waals surface area contributed by atoms with Crippen LogP contribution in [0.25, 0.3) is 11.3 Å². The van der Waals surface area contributed by atoms with Gasteiger partial charge < -0.3 is 4.90 Å². The lowest BCUT2D eigenvalue weighted by Gasteiger charge is -2.19. The Labute approximate surface area is 172 Å².